The first-order chi connectivity index (χ1) is 9.93. The number of carbonyl (C=O) groups excluding carboxylic acids is 2. The van der Waals surface area contributed by atoms with Gasteiger partial charge in [0.15, 0.2) is 0 Å². The number of hydroxylamine groups is 2. The predicted octanol–water partition coefficient (Wildman–Crippen LogP) is 1.38. The molecule has 0 saturated heterocycles. The summed E-state index contributed by atoms with van der Waals surface area (Å²) in [6.07, 6.45) is 4.06. The number of imide groups is 1. The maximum Gasteiger partial charge on any atom is 0.375 e. The Kier molecular flexibility index (Phi) is 3.12. The normalized spacial score (nSPS) is 22.0. The molecule has 3 amide bonds. The second-order valence-electron chi connectivity index (χ2n) is 4.26. The van der Waals surface area contributed by atoms with Crippen molar-refractivity contribution in [3.05, 3.63) is 40.6 Å². The van der Waals surface area contributed by atoms with E-state index in [2.05, 4.69) is 4.99 Å². The summed E-state index contributed by atoms with van der Waals surface area (Å²) in [5, 5.41) is 10.8. The number of allylic oxidation sites excluding steroid dienone is 3. The average Bonchev–Trinajstić information content (AvgIpc) is 2.99. The van der Waals surface area contributed by atoms with Crippen molar-refractivity contribution in [1.29, 1.82) is 0 Å². The number of hydrogen-bond donors (Lipinski definition) is 1. The van der Waals surface area contributed by atoms with Crippen molar-refractivity contribution < 1.29 is 23.2 Å². The highest BCUT2D eigenvalue weighted by Crippen LogP contribution is 2.31. The molecule has 2 heterocycles. The summed E-state index contributed by atoms with van der Waals surface area (Å²) in [4.78, 5) is 26.6. The molecule has 0 spiro atoms. The SMILES string of the molecule is O=C1N=C2C(S(=O)(=O)c3cccs3)=CC=CC2C(=O)N1O. The summed E-state index contributed by atoms with van der Waals surface area (Å²) >= 11 is 1.03. The van der Waals surface area contributed by atoms with Crippen molar-refractivity contribution in [2.45, 2.75) is 4.21 Å². The number of aliphatic imine (C=N–C) groups is 1. The molecule has 1 unspecified atom stereocenters. The van der Waals surface area contributed by atoms with Gasteiger partial charge in [-0.25, -0.2) is 13.2 Å². The number of thiophene rings is 1. The molecule has 1 N–H and O–H groups in total. The number of amides is 3. The van der Waals surface area contributed by atoms with Crippen molar-refractivity contribution in [3.63, 3.8) is 0 Å². The lowest BCUT2D eigenvalue weighted by atomic mass is 9.96. The van der Waals surface area contributed by atoms with Gasteiger partial charge in [0.2, 0.25) is 9.84 Å². The Bertz CT molecular complexity index is 818. The molecule has 1 aromatic rings. The van der Waals surface area contributed by atoms with Gasteiger partial charge in [0.25, 0.3) is 5.91 Å². The minimum atomic E-state index is -3.86. The molecule has 1 aliphatic heterocycles. The Hall–Kier alpha value is -2.10. The van der Waals surface area contributed by atoms with Gasteiger partial charge in [0, 0.05) is 0 Å². The van der Waals surface area contributed by atoms with Crippen molar-refractivity contribution in [1.82, 2.24) is 5.06 Å². The topological polar surface area (TPSA) is 104 Å². The Balaban J connectivity index is 2.15. The molecule has 7 nitrogen and oxygen atoms in total. The number of urea groups is 1. The molecular weight excluding hydrogens is 316 g/mol. The third-order valence-corrected chi connectivity index (χ3v) is 6.22. The van der Waals surface area contributed by atoms with E-state index in [-0.39, 0.29) is 19.9 Å². The minimum absolute atomic E-state index is 0.0943. The quantitative estimate of drug-likeness (QED) is 0.828. The molecule has 9 heteroatoms. The lowest BCUT2D eigenvalue weighted by Gasteiger charge is -2.26. The van der Waals surface area contributed by atoms with E-state index in [4.69, 9.17) is 0 Å². The van der Waals surface area contributed by atoms with E-state index in [1.54, 1.807) is 11.4 Å². The highest BCUT2D eigenvalue weighted by atomic mass is 32.2. The van der Waals surface area contributed by atoms with E-state index in [1.165, 1.54) is 24.3 Å². The second kappa shape index (κ2) is 4.72. The van der Waals surface area contributed by atoms with Gasteiger partial charge in [-0.15, -0.1) is 16.4 Å². The maximum atomic E-state index is 12.5. The van der Waals surface area contributed by atoms with Gasteiger partial charge in [-0.05, 0) is 17.5 Å². The van der Waals surface area contributed by atoms with E-state index in [9.17, 15) is 23.2 Å². The number of sulfone groups is 1. The molecule has 0 fully saturated rings. The average molecular weight is 324 g/mol. The van der Waals surface area contributed by atoms with Gasteiger partial charge < -0.3 is 0 Å². The first-order valence-electron chi connectivity index (χ1n) is 5.76. The van der Waals surface area contributed by atoms with Crippen LogP contribution in [-0.4, -0.2) is 36.3 Å². The van der Waals surface area contributed by atoms with Gasteiger partial charge in [0.05, 0.1) is 10.6 Å². The number of carbonyl (C=O) groups is 2. The monoisotopic (exact) mass is 324 g/mol. The predicted molar refractivity (Wildman–Crippen MR) is 73.7 cm³/mol. The Morgan fingerprint density at radius 3 is 2.76 bits per heavy atom. The summed E-state index contributed by atoms with van der Waals surface area (Å²) in [6.45, 7) is 0. The van der Waals surface area contributed by atoms with Gasteiger partial charge >= 0.3 is 6.03 Å². The fourth-order valence-corrected chi connectivity index (χ4v) is 4.61. The third kappa shape index (κ3) is 2.06. The van der Waals surface area contributed by atoms with Gasteiger partial charge in [-0.3, -0.25) is 10.0 Å². The number of nitrogens with zero attached hydrogens (tertiary/aromatic N) is 2. The first-order valence-corrected chi connectivity index (χ1v) is 8.12. The van der Waals surface area contributed by atoms with Crippen LogP contribution in [0, 0.1) is 5.92 Å². The Morgan fingerprint density at radius 1 is 1.33 bits per heavy atom. The first kappa shape index (κ1) is 13.9. The van der Waals surface area contributed by atoms with Crippen LogP contribution in [0.1, 0.15) is 0 Å². The number of rotatable bonds is 2. The standard InChI is InChI=1S/C12H8N2O5S2/c15-11-7-3-1-4-8(10(7)13-12(16)14(11)17)21(18,19)9-5-2-6-20-9/h1-7,17H. The van der Waals surface area contributed by atoms with Crippen molar-refractivity contribution in [2.75, 3.05) is 0 Å². The lowest BCUT2D eigenvalue weighted by molar-refractivity contribution is -0.153. The molecule has 2 aliphatic rings. The number of hydrogen-bond acceptors (Lipinski definition) is 6. The molecular formula is C12H8N2O5S2. The lowest BCUT2D eigenvalue weighted by Crippen LogP contribution is -2.45. The number of fused-ring (bicyclic) bond motifs is 1. The maximum absolute atomic E-state index is 12.5. The molecule has 0 bridgehead atoms. The largest absolute Gasteiger partial charge is 0.375 e. The van der Waals surface area contributed by atoms with Gasteiger partial charge in [-0.1, -0.05) is 18.2 Å². The van der Waals surface area contributed by atoms with Crippen LogP contribution in [0.3, 0.4) is 0 Å². The smallest absolute Gasteiger partial charge is 0.277 e. The van der Waals surface area contributed by atoms with E-state index in [0.717, 1.165) is 11.3 Å². The Labute approximate surface area is 123 Å². The van der Waals surface area contributed by atoms with Gasteiger partial charge in [0.1, 0.15) is 10.1 Å². The summed E-state index contributed by atoms with van der Waals surface area (Å²) in [5.74, 6) is -2.00. The van der Waals surface area contributed by atoms with Crippen molar-refractivity contribution in [3.8, 4) is 0 Å². The zero-order valence-electron chi connectivity index (χ0n) is 10.3. The third-order valence-electron chi connectivity index (χ3n) is 3.02. The minimum Gasteiger partial charge on any atom is -0.277 e. The molecule has 0 saturated carbocycles. The van der Waals surface area contributed by atoms with Gasteiger partial charge in [-0.2, -0.15) is 4.99 Å². The van der Waals surface area contributed by atoms with Crippen LogP contribution >= 0.6 is 11.3 Å². The Morgan fingerprint density at radius 2 is 2.10 bits per heavy atom. The molecule has 1 atom stereocenters. The molecule has 1 aliphatic carbocycles. The van der Waals surface area contributed by atoms with E-state index < -0.39 is 27.7 Å². The van der Waals surface area contributed by atoms with Crippen LogP contribution < -0.4 is 0 Å². The van der Waals surface area contributed by atoms with E-state index >= 15 is 0 Å². The zero-order chi connectivity index (χ0) is 15.2. The molecule has 0 aromatic carbocycles. The van der Waals surface area contributed by atoms with Crippen molar-refractivity contribution >= 4 is 38.8 Å². The molecule has 1 aromatic heterocycles. The van der Waals surface area contributed by atoms with Crippen LogP contribution in [0.5, 0.6) is 0 Å². The fraction of sp³-hybridized carbons (Fsp3) is 0.0833. The zero-order valence-corrected chi connectivity index (χ0v) is 12.0. The van der Waals surface area contributed by atoms with Crippen LogP contribution in [-0.2, 0) is 14.6 Å². The van der Waals surface area contributed by atoms with Crippen LogP contribution in [0.4, 0.5) is 4.79 Å². The molecule has 0 radical (unpaired) electrons. The highest BCUT2D eigenvalue weighted by molar-refractivity contribution is 7.98. The van der Waals surface area contributed by atoms with E-state index in [0.29, 0.717) is 0 Å². The van der Waals surface area contributed by atoms with Crippen LogP contribution in [0.15, 0.2) is 49.8 Å². The summed E-state index contributed by atoms with van der Waals surface area (Å²) in [6, 6.07) is 1.82. The summed E-state index contributed by atoms with van der Waals surface area (Å²) < 4.78 is 25.1. The highest BCUT2D eigenvalue weighted by Gasteiger charge is 2.41. The van der Waals surface area contributed by atoms with E-state index in [1.807, 2.05) is 0 Å². The molecule has 3 rings (SSSR count). The summed E-state index contributed by atoms with van der Waals surface area (Å²) in [7, 11) is -3.86. The van der Waals surface area contributed by atoms with Crippen molar-refractivity contribution in [2.24, 2.45) is 10.9 Å². The van der Waals surface area contributed by atoms with Crippen LogP contribution in [0.25, 0.3) is 0 Å². The second-order valence-corrected chi connectivity index (χ2v) is 7.35. The molecule has 108 valence electrons. The summed E-state index contributed by atoms with van der Waals surface area (Å²) in [5.41, 5.74) is -0.161. The molecule has 21 heavy (non-hydrogen) atoms. The fourth-order valence-electron chi connectivity index (χ4n) is 2.04. The van der Waals surface area contributed by atoms with Crippen LogP contribution in [0.2, 0.25) is 0 Å².